The smallest absolute Gasteiger partial charge is 0.269 e. The van der Waals surface area contributed by atoms with Gasteiger partial charge in [0.15, 0.2) is 0 Å². The van der Waals surface area contributed by atoms with Gasteiger partial charge in [-0.1, -0.05) is 23.7 Å². The molecule has 1 atom stereocenters. The van der Waals surface area contributed by atoms with Gasteiger partial charge >= 0.3 is 0 Å². The predicted molar refractivity (Wildman–Crippen MR) is 116 cm³/mol. The van der Waals surface area contributed by atoms with Gasteiger partial charge in [-0.15, -0.1) is 0 Å². The van der Waals surface area contributed by atoms with Gasteiger partial charge in [0.2, 0.25) is 5.88 Å². The van der Waals surface area contributed by atoms with E-state index in [0.717, 1.165) is 5.56 Å². The molecule has 0 aromatic heterocycles. The number of nitriles is 1. The molecule has 1 aliphatic rings. The fraction of sp³-hybridized carbons (Fsp3) is 0.0870. The van der Waals surface area contributed by atoms with E-state index in [-0.39, 0.29) is 29.5 Å². The maximum Gasteiger partial charge on any atom is 0.269 e. The second-order valence-corrected chi connectivity index (χ2v) is 7.46. The maximum absolute atomic E-state index is 10.8. The number of allylic oxidation sites excluding steroid dienone is 1. The van der Waals surface area contributed by atoms with Gasteiger partial charge in [0, 0.05) is 23.8 Å². The van der Waals surface area contributed by atoms with E-state index in [1.54, 1.807) is 36.4 Å². The number of phenols is 1. The molecule has 0 spiro atoms. The zero-order valence-electron chi connectivity index (χ0n) is 16.5. The number of nitro benzene ring substituents is 1. The Balaban J connectivity index is 1.60. The average molecular weight is 450 g/mol. The van der Waals surface area contributed by atoms with Crippen LogP contribution >= 0.6 is 11.6 Å². The van der Waals surface area contributed by atoms with Crippen molar-refractivity contribution >= 4 is 17.3 Å². The number of rotatable bonds is 5. The Kier molecular flexibility index (Phi) is 5.58. The van der Waals surface area contributed by atoms with Crippen LogP contribution in [0.15, 0.2) is 72.1 Å². The van der Waals surface area contributed by atoms with Crippen molar-refractivity contribution in [2.24, 2.45) is 5.73 Å². The molecule has 0 unspecified atom stereocenters. The number of hydrogen-bond donors (Lipinski definition) is 2. The quantitative estimate of drug-likeness (QED) is 0.424. The van der Waals surface area contributed by atoms with E-state index in [2.05, 4.69) is 6.07 Å². The Bertz CT molecular complexity index is 1280. The zero-order chi connectivity index (χ0) is 22.8. The van der Waals surface area contributed by atoms with Crippen molar-refractivity contribution in [2.75, 3.05) is 0 Å². The molecule has 1 heterocycles. The largest absolute Gasteiger partial charge is 0.508 e. The molecule has 160 valence electrons. The van der Waals surface area contributed by atoms with Crippen molar-refractivity contribution in [1.29, 1.82) is 5.26 Å². The molecule has 9 heteroatoms. The van der Waals surface area contributed by atoms with Crippen molar-refractivity contribution in [3.05, 3.63) is 104 Å². The van der Waals surface area contributed by atoms with E-state index in [4.69, 9.17) is 26.8 Å². The first-order valence-corrected chi connectivity index (χ1v) is 9.81. The van der Waals surface area contributed by atoms with Gasteiger partial charge in [-0.2, -0.15) is 5.26 Å². The third kappa shape index (κ3) is 4.02. The first-order valence-electron chi connectivity index (χ1n) is 9.43. The number of nitro groups is 1. The van der Waals surface area contributed by atoms with Gasteiger partial charge < -0.3 is 20.3 Å². The highest BCUT2D eigenvalue weighted by atomic mass is 35.5. The Morgan fingerprint density at radius 2 is 1.94 bits per heavy atom. The second-order valence-electron chi connectivity index (χ2n) is 7.05. The van der Waals surface area contributed by atoms with E-state index < -0.39 is 10.8 Å². The summed E-state index contributed by atoms with van der Waals surface area (Å²) >= 11 is 6.45. The van der Waals surface area contributed by atoms with Crippen LogP contribution in [0.5, 0.6) is 17.2 Å². The number of fused-ring (bicyclic) bond motifs is 1. The Labute approximate surface area is 187 Å². The molecule has 4 rings (SSSR count). The molecule has 32 heavy (non-hydrogen) atoms. The first kappa shape index (κ1) is 21.0. The minimum absolute atomic E-state index is 0.00169. The molecule has 0 radical (unpaired) electrons. The summed E-state index contributed by atoms with van der Waals surface area (Å²) in [5, 5.41) is 30.5. The molecule has 0 fully saturated rings. The summed E-state index contributed by atoms with van der Waals surface area (Å²) in [5.74, 6) is 0.239. The van der Waals surface area contributed by atoms with E-state index >= 15 is 0 Å². The first-order chi connectivity index (χ1) is 15.4. The number of halogens is 1. The summed E-state index contributed by atoms with van der Waals surface area (Å²) in [4.78, 5) is 10.3. The summed E-state index contributed by atoms with van der Waals surface area (Å²) < 4.78 is 11.3. The molecule has 0 bridgehead atoms. The van der Waals surface area contributed by atoms with Crippen LogP contribution in [0.3, 0.4) is 0 Å². The number of aromatic hydroxyl groups is 1. The van der Waals surface area contributed by atoms with E-state index in [9.17, 15) is 20.5 Å². The molecule has 0 saturated carbocycles. The molecule has 0 aliphatic carbocycles. The van der Waals surface area contributed by atoms with Crippen LogP contribution in [0.25, 0.3) is 0 Å². The van der Waals surface area contributed by atoms with Gasteiger partial charge in [0.1, 0.15) is 35.5 Å². The fourth-order valence-electron chi connectivity index (χ4n) is 3.48. The number of non-ortho nitro benzene ring substituents is 1. The molecule has 0 amide bonds. The predicted octanol–water partition coefficient (Wildman–Crippen LogP) is 4.75. The molecule has 3 N–H and O–H groups in total. The van der Waals surface area contributed by atoms with Crippen LogP contribution in [0.4, 0.5) is 5.69 Å². The molecule has 3 aromatic rings. The van der Waals surface area contributed by atoms with Crippen molar-refractivity contribution in [1.82, 2.24) is 0 Å². The van der Waals surface area contributed by atoms with Crippen molar-refractivity contribution in [2.45, 2.75) is 12.5 Å². The minimum Gasteiger partial charge on any atom is -0.508 e. The molecular weight excluding hydrogens is 434 g/mol. The molecule has 8 nitrogen and oxygen atoms in total. The highest BCUT2D eigenvalue weighted by Gasteiger charge is 2.31. The lowest BCUT2D eigenvalue weighted by Crippen LogP contribution is -2.21. The summed E-state index contributed by atoms with van der Waals surface area (Å²) in [5.41, 5.74) is 8.30. The topological polar surface area (TPSA) is 132 Å². The monoisotopic (exact) mass is 449 g/mol. The Morgan fingerprint density at radius 1 is 1.19 bits per heavy atom. The molecule has 1 aliphatic heterocycles. The van der Waals surface area contributed by atoms with E-state index in [1.165, 1.54) is 24.3 Å². The maximum atomic E-state index is 10.8. The average Bonchev–Trinajstić information content (AvgIpc) is 2.77. The lowest BCUT2D eigenvalue weighted by Gasteiger charge is -2.26. The summed E-state index contributed by atoms with van der Waals surface area (Å²) in [6.45, 7) is 0.173. The van der Waals surface area contributed by atoms with Crippen molar-refractivity contribution in [3.8, 4) is 23.3 Å². The number of benzene rings is 3. The van der Waals surface area contributed by atoms with Crippen LogP contribution in [0.1, 0.15) is 22.6 Å². The Morgan fingerprint density at radius 3 is 2.59 bits per heavy atom. The SMILES string of the molecule is N#CC1=C(N)Oc2cc(O)ccc2[C@@H]1c1ccc(OCc2ccc([N+](=O)[O-])cc2)c(Cl)c1. The van der Waals surface area contributed by atoms with Gasteiger partial charge in [-0.3, -0.25) is 10.1 Å². The third-order valence-electron chi connectivity index (χ3n) is 5.03. The van der Waals surface area contributed by atoms with Crippen molar-refractivity contribution < 1.29 is 19.5 Å². The van der Waals surface area contributed by atoms with E-state index in [1.807, 2.05) is 0 Å². The zero-order valence-corrected chi connectivity index (χ0v) is 17.2. The lowest BCUT2D eigenvalue weighted by molar-refractivity contribution is -0.384. The highest BCUT2D eigenvalue weighted by Crippen LogP contribution is 2.44. The number of hydrogen-bond acceptors (Lipinski definition) is 7. The minimum atomic E-state index is -0.523. The van der Waals surface area contributed by atoms with Gasteiger partial charge in [0.25, 0.3) is 5.69 Å². The Hall–Kier alpha value is -4.22. The van der Waals surface area contributed by atoms with Crippen LogP contribution in [0, 0.1) is 21.4 Å². The number of ether oxygens (including phenoxy) is 2. The number of nitrogens with two attached hydrogens (primary N) is 1. The van der Waals surface area contributed by atoms with Gasteiger partial charge in [-0.25, -0.2) is 0 Å². The molecule has 3 aromatic carbocycles. The van der Waals surface area contributed by atoms with Crippen LogP contribution in [0.2, 0.25) is 5.02 Å². The number of nitrogens with zero attached hydrogens (tertiary/aromatic N) is 2. The summed E-state index contributed by atoms with van der Waals surface area (Å²) in [7, 11) is 0. The second kappa shape index (κ2) is 8.49. The third-order valence-corrected chi connectivity index (χ3v) is 5.33. The van der Waals surface area contributed by atoms with Crippen LogP contribution in [-0.2, 0) is 6.61 Å². The summed E-state index contributed by atoms with van der Waals surface area (Å²) in [6, 6.07) is 17.9. The highest BCUT2D eigenvalue weighted by molar-refractivity contribution is 6.32. The fourth-order valence-corrected chi connectivity index (χ4v) is 3.72. The molecular formula is C23H16ClN3O5. The van der Waals surface area contributed by atoms with Crippen LogP contribution < -0.4 is 15.2 Å². The van der Waals surface area contributed by atoms with Gasteiger partial charge in [-0.05, 0) is 41.5 Å². The normalized spacial score (nSPS) is 14.8. The number of phenolic OH excluding ortho intramolecular Hbond substituents is 1. The lowest BCUT2D eigenvalue weighted by atomic mass is 9.83. The standard InChI is InChI=1S/C23H16ClN3O5/c24-19-9-14(3-8-20(19)31-12-13-1-4-15(5-2-13)27(29)30)22-17-7-6-16(28)10-21(17)32-23(26)18(22)11-25/h1-10,22,28H,12,26H2/t22-/m0/s1. The summed E-state index contributed by atoms with van der Waals surface area (Å²) in [6.07, 6.45) is 0. The van der Waals surface area contributed by atoms with Crippen LogP contribution in [-0.4, -0.2) is 10.0 Å². The molecule has 0 saturated heterocycles. The van der Waals surface area contributed by atoms with Crippen molar-refractivity contribution in [3.63, 3.8) is 0 Å². The van der Waals surface area contributed by atoms with E-state index in [0.29, 0.717) is 27.6 Å². The van der Waals surface area contributed by atoms with Gasteiger partial charge in [0.05, 0.1) is 15.9 Å².